The van der Waals surface area contributed by atoms with Crippen LogP contribution >= 0.6 is 11.3 Å². The van der Waals surface area contributed by atoms with Crippen LogP contribution in [-0.2, 0) is 0 Å². The highest BCUT2D eigenvalue weighted by Crippen LogP contribution is 2.31. The predicted molar refractivity (Wildman–Crippen MR) is 125 cm³/mol. The monoisotopic (exact) mass is 451 g/mol. The minimum Gasteiger partial charge on any atom is -0.348 e. The molecule has 1 aliphatic rings. The highest BCUT2D eigenvalue weighted by molar-refractivity contribution is 7.17. The molecule has 7 heteroatoms. The van der Waals surface area contributed by atoms with Crippen molar-refractivity contribution in [1.29, 1.82) is 0 Å². The van der Waals surface area contributed by atoms with Gasteiger partial charge in [0.25, 0.3) is 11.8 Å². The van der Waals surface area contributed by atoms with E-state index >= 15 is 0 Å². The number of rotatable bonds is 4. The fourth-order valence-electron chi connectivity index (χ4n) is 4.06. The lowest BCUT2D eigenvalue weighted by Crippen LogP contribution is -2.46. The van der Waals surface area contributed by atoms with E-state index in [4.69, 9.17) is 0 Å². The molecule has 1 aliphatic heterocycles. The summed E-state index contributed by atoms with van der Waals surface area (Å²) in [6.07, 6.45) is 1.27. The number of aryl methyl sites for hydroxylation is 3. The van der Waals surface area contributed by atoms with Crippen molar-refractivity contribution >= 4 is 23.2 Å². The molecule has 0 aliphatic carbocycles. The summed E-state index contributed by atoms with van der Waals surface area (Å²) in [5.74, 6) is -0.938. The summed E-state index contributed by atoms with van der Waals surface area (Å²) in [6.45, 7) is 6.92. The van der Waals surface area contributed by atoms with Crippen LogP contribution in [0.3, 0.4) is 0 Å². The Morgan fingerprint density at radius 1 is 1.09 bits per heavy atom. The number of hydrogen-bond donors (Lipinski definition) is 1. The van der Waals surface area contributed by atoms with Crippen LogP contribution < -0.4 is 5.32 Å². The van der Waals surface area contributed by atoms with Crippen LogP contribution in [0, 0.1) is 26.6 Å². The van der Waals surface area contributed by atoms with Crippen LogP contribution in [-0.4, -0.2) is 40.8 Å². The van der Waals surface area contributed by atoms with E-state index in [0.29, 0.717) is 30.8 Å². The lowest BCUT2D eigenvalue weighted by molar-refractivity contribution is 0.0694. The van der Waals surface area contributed by atoms with Crippen molar-refractivity contribution in [3.05, 3.63) is 75.5 Å². The van der Waals surface area contributed by atoms with Crippen molar-refractivity contribution in [3.63, 3.8) is 0 Å². The number of benzene rings is 2. The average Bonchev–Trinajstić information content (AvgIpc) is 3.15. The Kier molecular flexibility index (Phi) is 6.37. The van der Waals surface area contributed by atoms with E-state index in [1.165, 1.54) is 29.0 Å². The number of likely N-dealkylation sites (tertiary alicyclic amines) is 1. The van der Waals surface area contributed by atoms with E-state index in [9.17, 15) is 14.0 Å². The second-order valence-corrected chi connectivity index (χ2v) is 9.27. The smallest absolute Gasteiger partial charge is 0.263 e. The van der Waals surface area contributed by atoms with Gasteiger partial charge in [0.05, 0.1) is 11.3 Å². The van der Waals surface area contributed by atoms with Crippen LogP contribution in [0.1, 0.15) is 49.7 Å². The molecule has 0 bridgehead atoms. The number of halogens is 1. The van der Waals surface area contributed by atoms with Crippen LogP contribution in [0.25, 0.3) is 10.6 Å². The largest absolute Gasteiger partial charge is 0.348 e. The number of piperidine rings is 1. The molecule has 0 radical (unpaired) electrons. The number of hydrogen-bond acceptors (Lipinski definition) is 4. The fourth-order valence-corrected chi connectivity index (χ4v) is 5.12. The third kappa shape index (κ3) is 4.58. The third-order valence-electron chi connectivity index (χ3n) is 5.84. The van der Waals surface area contributed by atoms with Gasteiger partial charge in [-0.3, -0.25) is 9.59 Å². The SMILES string of the molecule is Cc1ccc(-c2nc(C)c(C(=O)NC3CCN(C(=O)c4ccccc4F)CC3)s2)c(C)c1. The van der Waals surface area contributed by atoms with Gasteiger partial charge in [-0.15, -0.1) is 11.3 Å². The van der Waals surface area contributed by atoms with E-state index in [0.717, 1.165) is 21.8 Å². The molecule has 1 N–H and O–H groups in total. The van der Waals surface area contributed by atoms with Crippen molar-refractivity contribution < 1.29 is 14.0 Å². The summed E-state index contributed by atoms with van der Waals surface area (Å²) in [5.41, 5.74) is 4.18. The summed E-state index contributed by atoms with van der Waals surface area (Å²) in [7, 11) is 0. The topological polar surface area (TPSA) is 62.3 Å². The Labute approximate surface area is 191 Å². The highest BCUT2D eigenvalue weighted by atomic mass is 32.1. The lowest BCUT2D eigenvalue weighted by atomic mass is 10.0. The molecular weight excluding hydrogens is 425 g/mol. The molecule has 32 heavy (non-hydrogen) atoms. The molecule has 0 spiro atoms. The zero-order chi connectivity index (χ0) is 22.8. The predicted octanol–water partition coefficient (Wildman–Crippen LogP) is 4.91. The van der Waals surface area contributed by atoms with E-state index in [1.807, 2.05) is 13.0 Å². The van der Waals surface area contributed by atoms with E-state index in [2.05, 4.69) is 36.3 Å². The van der Waals surface area contributed by atoms with Gasteiger partial charge in [0, 0.05) is 24.7 Å². The average molecular weight is 452 g/mol. The Morgan fingerprint density at radius 3 is 2.50 bits per heavy atom. The molecule has 5 nitrogen and oxygen atoms in total. The summed E-state index contributed by atoms with van der Waals surface area (Å²) < 4.78 is 13.9. The van der Waals surface area contributed by atoms with Gasteiger partial charge in [-0.2, -0.15) is 0 Å². The Balaban J connectivity index is 1.39. The maximum Gasteiger partial charge on any atom is 0.263 e. The molecule has 2 heterocycles. The summed E-state index contributed by atoms with van der Waals surface area (Å²) >= 11 is 1.40. The zero-order valence-corrected chi connectivity index (χ0v) is 19.3. The molecule has 1 saturated heterocycles. The molecular formula is C25H26FN3O2S. The summed E-state index contributed by atoms with van der Waals surface area (Å²) in [4.78, 5) is 32.4. The highest BCUT2D eigenvalue weighted by Gasteiger charge is 2.27. The number of nitrogens with zero attached hydrogens (tertiary/aromatic N) is 2. The minimum absolute atomic E-state index is 0.0294. The standard InChI is InChI=1S/C25H26FN3O2S/c1-15-8-9-19(16(2)14-15)24-27-17(3)22(32-24)23(30)28-18-10-12-29(13-11-18)25(31)20-6-4-5-7-21(20)26/h4-9,14,18H,10-13H2,1-3H3,(H,28,30). The third-order valence-corrected chi connectivity index (χ3v) is 7.03. The van der Waals surface area contributed by atoms with Crippen molar-refractivity contribution in [2.45, 2.75) is 39.7 Å². The number of carbonyl (C=O) groups excluding carboxylic acids is 2. The molecule has 166 valence electrons. The lowest BCUT2D eigenvalue weighted by Gasteiger charge is -2.32. The molecule has 0 saturated carbocycles. The number of carbonyl (C=O) groups is 2. The number of amides is 2. The van der Waals surface area contributed by atoms with Gasteiger partial charge in [0.15, 0.2) is 0 Å². The van der Waals surface area contributed by atoms with Crippen LogP contribution in [0.15, 0.2) is 42.5 Å². The van der Waals surface area contributed by atoms with Crippen molar-refractivity contribution in [3.8, 4) is 10.6 Å². The quantitative estimate of drug-likeness (QED) is 0.613. The molecule has 2 amide bonds. The summed E-state index contributed by atoms with van der Waals surface area (Å²) in [6, 6.07) is 12.2. The first-order chi connectivity index (χ1) is 15.3. The van der Waals surface area contributed by atoms with Crippen LogP contribution in [0.4, 0.5) is 4.39 Å². The van der Waals surface area contributed by atoms with Gasteiger partial charge in [0.1, 0.15) is 15.7 Å². The first-order valence-corrected chi connectivity index (χ1v) is 11.5. The van der Waals surface area contributed by atoms with Crippen molar-refractivity contribution in [2.75, 3.05) is 13.1 Å². The first kappa shape index (κ1) is 22.1. The Morgan fingerprint density at radius 2 is 1.81 bits per heavy atom. The van der Waals surface area contributed by atoms with Gasteiger partial charge in [-0.1, -0.05) is 35.9 Å². The molecule has 1 aromatic heterocycles. The van der Waals surface area contributed by atoms with Gasteiger partial charge in [-0.25, -0.2) is 9.37 Å². The first-order valence-electron chi connectivity index (χ1n) is 10.7. The van der Waals surface area contributed by atoms with Gasteiger partial charge in [0.2, 0.25) is 0 Å². The second kappa shape index (κ2) is 9.20. The fraction of sp³-hybridized carbons (Fsp3) is 0.320. The molecule has 2 aromatic carbocycles. The molecule has 1 fully saturated rings. The van der Waals surface area contributed by atoms with Crippen molar-refractivity contribution in [2.24, 2.45) is 0 Å². The van der Waals surface area contributed by atoms with E-state index in [1.54, 1.807) is 17.0 Å². The molecule has 4 rings (SSSR count). The second-order valence-electron chi connectivity index (χ2n) is 8.27. The molecule has 0 atom stereocenters. The van der Waals surface area contributed by atoms with E-state index < -0.39 is 5.82 Å². The minimum atomic E-state index is -0.506. The van der Waals surface area contributed by atoms with E-state index in [-0.39, 0.29) is 23.4 Å². The number of nitrogens with one attached hydrogen (secondary N) is 1. The van der Waals surface area contributed by atoms with Crippen LogP contribution in [0.2, 0.25) is 0 Å². The Bertz CT molecular complexity index is 1170. The number of thiazole rings is 1. The van der Waals surface area contributed by atoms with Crippen LogP contribution in [0.5, 0.6) is 0 Å². The molecule has 3 aromatic rings. The normalized spacial score (nSPS) is 14.4. The van der Waals surface area contributed by atoms with Crippen molar-refractivity contribution in [1.82, 2.24) is 15.2 Å². The number of aromatic nitrogens is 1. The maximum atomic E-state index is 13.9. The van der Waals surface area contributed by atoms with Gasteiger partial charge in [-0.05, 0) is 51.3 Å². The maximum absolute atomic E-state index is 13.9. The summed E-state index contributed by atoms with van der Waals surface area (Å²) in [5, 5.41) is 3.94. The molecule has 0 unspecified atom stereocenters. The van der Waals surface area contributed by atoms with Gasteiger partial charge < -0.3 is 10.2 Å². The van der Waals surface area contributed by atoms with Gasteiger partial charge >= 0.3 is 0 Å². The Hall–Kier alpha value is -3.06. The zero-order valence-electron chi connectivity index (χ0n) is 18.4.